The number of carbonyl (C=O) groups is 1. The Hall–Kier alpha value is -1.74. The fraction of sp³-hybridized carbons (Fsp3) is 0.200. The average Bonchev–Trinajstić information content (AvgIpc) is 2.15. The second kappa shape index (κ2) is 5.06. The van der Waals surface area contributed by atoms with Crippen LogP contribution in [0.1, 0.15) is 17.5 Å². The van der Waals surface area contributed by atoms with Gasteiger partial charge in [0.1, 0.15) is 5.15 Å². The van der Waals surface area contributed by atoms with E-state index in [9.17, 15) is 18.0 Å². The zero-order chi connectivity index (χ0) is 13.1. The zero-order valence-electron chi connectivity index (χ0n) is 8.31. The van der Waals surface area contributed by atoms with Crippen molar-refractivity contribution in [3.63, 3.8) is 0 Å². The molecular weight excluding hydrogens is 257 g/mol. The van der Waals surface area contributed by atoms with Gasteiger partial charge in [0.15, 0.2) is 0 Å². The average molecular weight is 263 g/mol. The van der Waals surface area contributed by atoms with Gasteiger partial charge in [0.2, 0.25) is 5.91 Å². The van der Waals surface area contributed by atoms with E-state index in [1.54, 1.807) is 0 Å². The molecule has 0 aliphatic heterocycles. The molecule has 0 radical (unpaired) electrons. The van der Waals surface area contributed by atoms with Gasteiger partial charge in [-0.15, -0.1) is 0 Å². The van der Waals surface area contributed by atoms with Crippen molar-refractivity contribution in [3.05, 3.63) is 28.5 Å². The summed E-state index contributed by atoms with van der Waals surface area (Å²) in [6, 6.07) is 0.984. The number of hydrogen-bond donors (Lipinski definition) is 1. The van der Waals surface area contributed by atoms with Crippen molar-refractivity contribution in [3.8, 4) is 11.8 Å². The van der Waals surface area contributed by atoms with Crippen molar-refractivity contribution in [2.45, 2.75) is 12.6 Å². The highest BCUT2D eigenvalue weighted by Crippen LogP contribution is 2.31. The molecule has 7 heteroatoms. The molecule has 1 aromatic rings. The molecule has 17 heavy (non-hydrogen) atoms. The first-order valence-electron chi connectivity index (χ1n) is 4.30. The molecule has 1 rings (SSSR count). The van der Waals surface area contributed by atoms with Crippen LogP contribution >= 0.6 is 11.6 Å². The Labute approximate surface area is 99.8 Å². The highest BCUT2D eigenvalue weighted by Gasteiger charge is 2.33. The number of halogens is 4. The van der Waals surface area contributed by atoms with Crippen molar-refractivity contribution in [1.82, 2.24) is 4.98 Å². The van der Waals surface area contributed by atoms with Crippen molar-refractivity contribution < 1.29 is 18.0 Å². The highest BCUT2D eigenvalue weighted by molar-refractivity contribution is 6.29. The Morgan fingerprint density at radius 2 is 2.18 bits per heavy atom. The minimum atomic E-state index is -4.58. The summed E-state index contributed by atoms with van der Waals surface area (Å²) in [6.07, 6.45) is -4.30. The fourth-order valence-corrected chi connectivity index (χ4v) is 1.14. The fourth-order valence-electron chi connectivity index (χ4n) is 0.986. The third-order valence-electron chi connectivity index (χ3n) is 1.66. The molecule has 2 N–H and O–H groups in total. The summed E-state index contributed by atoms with van der Waals surface area (Å²) in [6.45, 7) is 0. The van der Waals surface area contributed by atoms with Crippen LogP contribution in [0.5, 0.6) is 0 Å². The molecule has 0 saturated carbocycles. The second-order valence-electron chi connectivity index (χ2n) is 3.00. The summed E-state index contributed by atoms with van der Waals surface area (Å²) in [7, 11) is 0. The largest absolute Gasteiger partial charge is 0.419 e. The van der Waals surface area contributed by atoms with Crippen LogP contribution in [-0.4, -0.2) is 10.9 Å². The number of primary amides is 1. The number of nitrogens with zero attached hydrogens (tertiary/aromatic N) is 1. The molecule has 1 aromatic heterocycles. The summed E-state index contributed by atoms with van der Waals surface area (Å²) >= 11 is 5.47. The van der Waals surface area contributed by atoms with Crippen LogP contribution < -0.4 is 5.73 Å². The van der Waals surface area contributed by atoms with E-state index >= 15 is 0 Å². The molecule has 3 nitrogen and oxygen atoms in total. The third kappa shape index (κ3) is 3.96. The van der Waals surface area contributed by atoms with E-state index < -0.39 is 17.6 Å². The summed E-state index contributed by atoms with van der Waals surface area (Å²) in [4.78, 5) is 13.7. The molecule has 0 aromatic carbocycles. The molecule has 0 unspecified atom stereocenters. The molecule has 1 heterocycles. The molecule has 0 saturated heterocycles. The van der Waals surface area contributed by atoms with Crippen molar-refractivity contribution in [1.29, 1.82) is 0 Å². The van der Waals surface area contributed by atoms with E-state index in [1.165, 1.54) is 0 Å². The standard InChI is InChI=1S/C10H6ClF3N2O/c11-8-4-6(2-1-3-9(15)17)7(5-16-8)10(12,13)14/h4-5H,3H2,(H2,15,17). The van der Waals surface area contributed by atoms with Gasteiger partial charge < -0.3 is 5.73 Å². The van der Waals surface area contributed by atoms with Crippen molar-refractivity contribution in [2.24, 2.45) is 5.73 Å². The Morgan fingerprint density at radius 3 is 2.71 bits per heavy atom. The molecule has 0 aliphatic carbocycles. The van der Waals surface area contributed by atoms with Crippen LogP contribution in [0, 0.1) is 11.8 Å². The van der Waals surface area contributed by atoms with Crippen LogP contribution in [-0.2, 0) is 11.0 Å². The van der Waals surface area contributed by atoms with E-state index in [0.717, 1.165) is 6.07 Å². The maximum absolute atomic E-state index is 12.5. The number of pyridine rings is 1. The third-order valence-corrected chi connectivity index (χ3v) is 1.87. The first kappa shape index (κ1) is 13.3. The van der Waals surface area contributed by atoms with Gasteiger partial charge in [-0.3, -0.25) is 4.79 Å². The summed E-state index contributed by atoms with van der Waals surface area (Å²) in [5.74, 6) is 3.71. The van der Waals surface area contributed by atoms with Gasteiger partial charge in [-0.2, -0.15) is 13.2 Å². The summed E-state index contributed by atoms with van der Waals surface area (Å²) in [5, 5.41) is -0.110. The Kier molecular flexibility index (Phi) is 3.97. The molecular formula is C10H6ClF3N2O. The number of hydrogen-bond acceptors (Lipinski definition) is 2. The summed E-state index contributed by atoms with van der Waals surface area (Å²) in [5.41, 5.74) is 3.47. The molecule has 0 bridgehead atoms. The lowest BCUT2D eigenvalue weighted by Gasteiger charge is -2.08. The Bertz CT molecular complexity index is 502. The molecule has 1 amide bonds. The normalized spacial score (nSPS) is 10.6. The van der Waals surface area contributed by atoms with Crippen LogP contribution in [0.4, 0.5) is 13.2 Å². The highest BCUT2D eigenvalue weighted by atomic mass is 35.5. The number of carbonyl (C=O) groups excluding carboxylic acids is 1. The van der Waals surface area contributed by atoms with Gasteiger partial charge in [0.25, 0.3) is 0 Å². The van der Waals surface area contributed by atoms with Crippen molar-refractivity contribution >= 4 is 17.5 Å². The monoisotopic (exact) mass is 262 g/mol. The smallest absolute Gasteiger partial charge is 0.369 e. The zero-order valence-corrected chi connectivity index (χ0v) is 9.06. The minimum Gasteiger partial charge on any atom is -0.369 e. The number of aromatic nitrogens is 1. The first-order valence-corrected chi connectivity index (χ1v) is 4.68. The van der Waals surface area contributed by atoms with Crippen LogP contribution in [0.2, 0.25) is 5.15 Å². The number of nitrogens with two attached hydrogens (primary N) is 1. The van der Waals surface area contributed by atoms with Gasteiger partial charge in [-0.05, 0) is 6.07 Å². The maximum atomic E-state index is 12.5. The molecule has 0 aliphatic rings. The molecule has 0 atom stereocenters. The first-order chi connectivity index (χ1) is 7.80. The van der Waals surface area contributed by atoms with E-state index in [2.05, 4.69) is 16.8 Å². The van der Waals surface area contributed by atoms with E-state index in [4.69, 9.17) is 17.3 Å². The minimum absolute atomic E-state index is 0.110. The van der Waals surface area contributed by atoms with Gasteiger partial charge in [-0.1, -0.05) is 23.4 Å². The van der Waals surface area contributed by atoms with Gasteiger partial charge in [0.05, 0.1) is 12.0 Å². The van der Waals surface area contributed by atoms with Crippen LogP contribution in [0.25, 0.3) is 0 Å². The van der Waals surface area contributed by atoms with E-state index in [0.29, 0.717) is 6.20 Å². The predicted molar refractivity (Wildman–Crippen MR) is 54.9 cm³/mol. The van der Waals surface area contributed by atoms with Crippen LogP contribution in [0.15, 0.2) is 12.3 Å². The van der Waals surface area contributed by atoms with E-state index in [-0.39, 0.29) is 17.1 Å². The quantitative estimate of drug-likeness (QED) is 0.621. The van der Waals surface area contributed by atoms with Gasteiger partial charge >= 0.3 is 6.18 Å². The van der Waals surface area contributed by atoms with Crippen molar-refractivity contribution in [2.75, 3.05) is 0 Å². The predicted octanol–water partition coefficient (Wildman–Crippen LogP) is 1.98. The Morgan fingerprint density at radius 1 is 1.53 bits per heavy atom. The van der Waals surface area contributed by atoms with Gasteiger partial charge in [0, 0.05) is 11.8 Å². The van der Waals surface area contributed by atoms with Gasteiger partial charge in [-0.25, -0.2) is 4.98 Å². The lowest BCUT2D eigenvalue weighted by atomic mass is 10.1. The van der Waals surface area contributed by atoms with E-state index in [1.807, 2.05) is 0 Å². The maximum Gasteiger partial charge on any atom is 0.419 e. The topological polar surface area (TPSA) is 56.0 Å². The summed E-state index contributed by atoms with van der Waals surface area (Å²) < 4.78 is 37.6. The molecule has 0 fully saturated rings. The lowest BCUT2D eigenvalue weighted by molar-refractivity contribution is -0.138. The number of rotatable bonds is 1. The molecule has 0 spiro atoms. The Balaban J connectivity index is 3.15. The number of amides is 1. The van der Waals surface area contributed by atoms with Crippen LogP contribution in [0.3, 0.4) is 0 Å². The lowest BCUT2D eigenvalue weighted by Crippen LogP contribution is -2.09. The number of alkyl halides is 3. The SMILES string of the molecule is NC(=O)CC#Cc1cc(Cl)ncc1C(F)(F)F. The molecule has 90 valence electrons. The second-order valence-corrected chi connectivity index (χ2v) is 3.38.